The molecule has 2 rings (SSSR count). The van der Waals surface area contributed by atoms with Crippen LogP contribution in [0.5, 0.6) is 5.75 Å². The van der Waals surface area contributed by atoms with E-state index in [4.69, 9.17) is 4.74 Å². The third kappa shape index (κ3) is 4.77. The first-order chi connectivity index (χ1) is 10.2. The molecule has 1 aliphatic carbocycles. The van der Waals surface area contributed by atoms with Crippen molar-refractivity contribution in [2.24, 2.45) is 5.92 Å². The van der Waals surface area contributed by atoms with Gasteiger partial charge in [0.15, 0.2) is 0 Å². The zero-order valence-electron chi connectivity index (χ0n) is 12.4. The minimum absolute atomic E-state index is 0.0417. The van der Waals surface area contributed by atoms with E-state index in [1.54, 1.807) is 7.11 Å². The van der Waals surface area contributed by atoms with Crippen molar-refractivity contribution in [2.75, 3.05) is 7.11 Å². The Kier molecular flexibility index (Phi) is 5.60. The molecular weight excluding hydrogens is 268 g/mol. The van der Waals surface area contributed by atoms with Crippen LogP contribution in [0.2, 0.25) is 0 Å². The molecule has 2 N–H and O–H groups in total. The number of rotatable bonds is 4. The van der Waals surface area contributed by atoms with Gasteiger partial charge in [0.05, 0.1) is 13.5 Å². The number of benzene rings is 1. The fourth-order valence-corrected chi connectivity index (χ4v) is 2.57. The van der Waals surface area contributed by atoms with E-state index in [1.807, 2.05) is 24.3 Å². The molecule has 0 bridgehead atoms. The van der Waals surface area contributed by atoms with E-state index in [-0.39, 0.29) is 24.2 Å². The number of methoxy groups -OCH3 is 1. The van der Waals surface area contributed by atoms with E-state index >= 15 is 0 Å². The number of amides is 2. The van der Waals surface area contributed by atoms with E-state index in [9.17, 15) is 9.59 Å². The Labute approximate surface area is 125 Å². The highest BCUT2D eigenvalue weighted by atomic mass is 16.5. The molecule has 0 radical (unpaired) electrons. The standard InChI is InChI=1S/C16H22N2O3/c1-21-14-9-7-12(8-10-14)11-15(19)17-18-16(20)13-5-3-2-4-6-13/h7-10,13H,2-6,11H2,1H3,(H,17,19)(H,18,20). The Morgan fingerprint density at radius 3 is 2.38 bits per heavy atom. The number of nitrogens with one attached hydrogen (secondary N) is 2. The normalized spacial score (nSPS) is 15.3. The third-order valence-electron chi connectivity index (χ3n) is 3.82. The van der Waals surface area contributed by atoms with Crippen molar-refractivity contribution in [2.45, 2.75) is 38.5 Å². The summed E-state index contributed by atoms with van der Waals surface area (Å²) in [7, 11) is 1.60. The van der Waals surface area contributed by atoms with Gasteiger partial charge in [0.1, 0.15) is 5.75 Å². The van der Waals surface area contributed by atoms with Crippen LogP contribution in [0, 0.1) is 5.92 Å². The molecule has 0 saturated heterocycles. The molecule has 1 aliphatic rings. The molecule has 0 heterocycles. The molecule has 0 atom stereocenters. The molecule has 1 aromatic carbocycles. The van der Waals surface area contributed by atoms with Gasteiger partial charge in [-0.2, -0.15) is 0 Å². The first-order valence-electron chi connectivity index (χ1n) is 7.40. The molecule has 0 spiro atoms. The summed E-state index contributed by atoms with van der Waals surface area (Å²) in [5, 5.41) is 0. The zero-order chi connectivity index (χ0) is 15.1. The van der Waals surface area contributed by atoms with Crippen LogP contribution < -0.4 is 15.6 Å². The lowest BCUT2D eigenvalue weighted by Gasteiger charge is -2.20. The highest BCUT2D eigenvalue weighted by molar-refractivity contribution is 5.84. The summed E-state index contributed by atoms with van der Waals surface area (Å²) in [5.74, 6) is 0.506. The minimum atomic E-state index is -0.218. The fourth-order valence-electron chi connectivity index (χ4n) is 2.57. The van der Waals surface area contributed by atoms with Gasteiger partial charge < -0.3 is 4.74 Å². The molecule has 0 unspecified atom stereocenters. The smallest absolute Gasteiger partial charge is 0.242 e. The van der Waals surface area contributed by atoms with Crippen molar-refractivity contribution in [3.63, 3.8) is 0 Å². The van der Waals surface area contributed by atoms with Crippen molar-refractivity contribution in [3.05, 3.63) is 29.8 Å². The van der Waals surface area contributed by atoms with Crippen LogP contribution in [0.25, 0.3) is 0 Å². The van der Waals surface area contributed by atoms with E-state index in [0.717, 1.165) is 37.0 Å². The van der Waals surface area contributed by atoms with Gasteiger partial charge in [-0.05, 0) is 30.5 Å². The van der Waals surface area contributed by atoms with E-state index in [1.165, 1.54) is 6.42 Å². The summed E-state index contributed by atoms with van der Waals surface area (Å²) >= 11 is 0. The minimum Gasteiger partial charge on any atom is -0.497 e. The van der Waals surface area contributed by atoms with Gasteiger partial charge in [-0.3, -0.25) is 20.4 Å². The number of ether oxygens (including phenoxy) is 1. The quantitative estimate of drug-likeness (QED) is 0.833. The van der Waals surface area contributed by atoms with Crippen LogP contribution >= 0.6 is 0 Å². The first-order valence-corrected chi connectivity index (χ1v) is 7.40. The lowest BCUT2D eigenvalue weighted by molar-refractivity contribution is -0.131. The highest BCUT2D eigenvalue weighted by Gasteiger charge is 2.21. The number of carbonyl (C=O) groups excluding carboxylic acids is 2. The average Bonchev–Trinajstić information content (AvgIpc) is 2.54. The first kappa shape index (κ1) is 15.4. The van der Waals surface area contributed by atoms with Crippen LogP contribution in [0.3, 0.4) is 0 Å². The summed E-state index contributed by atoms with van der Waals surface area (Å²) < 4.78 is 5.06. The molecule has 5 nitrogen and oxygen atoms in total. The number of hydrogen-bond donors (Lipinski definition) is 2. The summed E-state index contributed by atoms with van der Waals surface area (Å²) in [6.07, 6.45) is 5.46. The lowest BCUT2D eigenvalue weighted by Crippen LogP contribution is -2.45. The molecule has 21 heavy (non-hydrogen) atoms. The molecule has 114 valence electrons. The Morgan fingerprint density at radius 2 is 1.76 bits per heavy atom. The molecule has 1 saturated carbocycles. The molecule has 2 amide bonds. The van der Waals surface area contributed by atoms with Crippen molar-refractivity contribution in [3.8, 4) is 5.75 Å². The average molecular weight is 290 g/mol. The predicted molar refractivity (Wildman–Crippen MR) is 79.6 cm³/mol. The number of hydrazine groups is 1. The summed E-state index contributed by atoms with van der Waals surface area (Å²) in [4.78, 5) is 23.7. The maximum atomic E-state index is 11.9. The number of carbonyl (C=O) groups is 2. The summed E-state index contributed by atoms with van der Waals surface area (Å²) in [6.45, 7) is 0. The largest absolute Gasteiger partial charge is 0.497 e. The SMILES string of the molecule is COc1ccc(CC(=O)NNC(=O)C2CCCCC2)cc1. The number of hydrogen-bond acceptors (Lipinski definition) is 3. The van der Waals surface area contributed by atoms with Gasteiger partial charge in [-0.1, -0.05) is 31.4 Å². The fraction of sp³-hybridized carbons (Fsp3) is 0.500. The van der Waals surface area contributed by atoms with E-state index in [0.29, 0.717) is 0 Å². The van der Waals surface area contributed by atoms with E-state index < -0.39 is 0 Å². The van der Waals surface area contributed by atoms with Crippen LogP contribution in [0.1, 0.15) is 37.7 Å². The summed E-state index contributed by atoms with van der Waals surface area (Å²) in [5.41, 5.74) is 5.89. The van der Waals surface area contributed by atoms with Gasteiger partial charge in [0, 0.05) is 5.92 Å². The molecule has 5 heteroatoms. The maximum Gasteiger partial charge on any atom is 0.242 e. The van der Waals surface area contributed by atoms with Gasteiger partial charge in [-0.15, -0.1) is 0 Å². The second kappa shape index (κ2) is 7.67. The Morgan fingerprint density at radius 1 is 1.10 bits per heavy atom. The van der Waals surface area contributed by atoms with E-state index in [2.05, 4.69) is 10.9 Å². The van der Waals surface area contributed by atoms with Gasteiger partial charge >= 0.3 is 0 Å². The van der Waals surface area contributed by atoms with Gasteiger partial charge in [-0.25, -0.2) is 0 Å². The summed E-state index contributed by atoms with van der Waals surface area (Å²) in [6, 6.07) is 7.29. The molecule has 0 aliphatic heterocycles. The van der Waals surface area contributed by atoms with Crippen LogP contribution in [0.15, 0.2) is 24.3 Å². The van der Waals surface area contributed by atoms with Crippen LogP contribution in [-0.2, 0) is 16.0 Å². The Balaban J connectivity index is 1.74. The Hall–Kier alpha value is -2.04. The topological polar surface area (TPSA) is 67.4 Å². The maximum absolute atomic E-state index is 11.9. The van der Waals surface area contributed by atoms with Crippen molar-refractivity contribution in [1.29, 1.82) is 0 Å². The predicted octanol–water partition coefficient (Wildman–Crippen LogP) is 1.97. The monoisotopic (exact) mass is 290 g/mol. The van der Waals surface area contributed by atoms with Gasteiger partial charge in [0.25, 0.3) is 0 Å². The third-order valence-corrected chi connectivity index (χ3v) is 3.82. The zero-order valence-corrected chi connectivity index (χ0v) is 12.4. The molecule has 0 aromatic heterocycles. The van der Waals surface area contributed by atoms with Crippen LogP contribution in [-0.4, -0.2) is 18.9 Å². The molecule has 1 fully saturated rings. The molecular formula is C16H22N2O3. The lowest BCUT2D eigenvalue weighted by atomic mass is 9.89. The highest BCUT2D eigenvalue weighted by Crippen LogP contribution is 2.23. The van der Waals surface area contributed by atoms with Crippen molar-refractivity contribution < 1.29 is 14.3 Å². The Bertz CT molecular complexity index is 479. The second-order valence-electron chi connectivity index (χ2n) is 5.40. The second-order valence-corrected chi connectivity index (χ2v) is 5.40. The van der Waals surface area contributed by atoms with Crippen molar-refractivity contribution in [1.82, 2.24) is 10.9 Å². The van der Waals surface area contributed by atoms with Gasteiger partial charge in [0.2, 0.25) is 11.8 Å². The van der Waals surface area contributed by atoms with Crippen molar-refractivity contribution >= 4 is 11.8 Å². The van der Waals surface area contributed by atoms with Crippen LogP contribution in [0.4, 0.5) is 0 Å². The molecule has 1 aromatic rings.